The molecular weight excluding hydrogens is 618 g/mol. The molecule has 0 unspecified atom stereocenters. The minimum atomic E-state index is -0.563. The van der Waals surface area contributed by atoms with Crippen molar-refractivity contribution in [3.63, 3.8) is 0 Å². The number of amides is 4. The van der Waals surface area contributed by atoms with Crippen molar-refractivity contribution in [2.24, 2.45) is 0 Å². The number of nitrogens with zero attached hydrogens (tertiary/aromatic N) is 1. The molecule has 49 heavy (non-hydrogen) atoms. The van der Waals surface area contributed by atoms with Gasteiger partial charge in [0.2, 0.25) is 0 Å². The van der Waals surface area contributed by atoms with Crippen molar-refractivity contribution in [1.29, 1.82) is 0 Å². The molecule has 0 aromatic heterocycles. The summed E-state index contributed by atoms with van der Waals surface area (Å²) in [5, 5.41) is 5.64. The average molecular weight is 646 g/mol. The van der Waals surface area contributed by atoms with Crippen LogP contribution >= 0.6 is 0 Å². The van der Waals surface area contributed by atoms with Crippen molar-refractivity contribution >= 4 is 40.7 Å². The van der Waals surface area contributed by atoms with E-state index in [4.69, 9.17) is 9.47 Å². The molecule has 0 atom stereocenters. The van der Waals surface area contributed by atoms with Gasteiger partial charge in [-0.05, 0) is 115 Å². The number of para-hydroxylation sites is 2. The Hall–Kier alpha value is -7.00. The summed E-state index contributed by atoms with van der Waals surface area (Å²) in [5.74, 6) is 0.757. The predicted molar refractivity (Wildman–Crippen MR) is 186 cm³/mol. The summed E-state index contributed by atoms with van der Waals surface area (Å²) in [6.45, 7) is 0. The summed E-state index contributed by atoms with van der Waals surface area (Å²) in [5.41, 5.74) is 2.27. The van der Waals surface area contributed by atoms with E-state index in [0.29, 0.717) is 45.6 Å². The third kappa shape index (κ3) is 6.77. The first-order valence-corrected chi connectivity index (χ1v) is 15.3. The van der Waals surface area contributed by atoms with Gasteiger partial charge in [-0.25, -0.2) is 4.90 Å². The number of ether oxygens (including phenoxy) is 2. The first kappa shape index (κ1) is 30.6. The molecule has 1 heterocycles. The molecule has 1 aliphatic heterocycles. The highest BCUT2D eigenvalue weighted by Crippen LogP contribution is 2.30. The van der Waals surface area contributed by atoms with Gasteiger partial charge >= 0.3 is 0 Å². The van der Waals surface area contributed by atoms with Gasteiger partial charge in [0, 0.05) is 22.5 Å². The number of imide groups is 1. The zero-order chi connectivity index (χ0) is 33.7. The van der Waals surface area contributed by atoms with Crippen LogP contribution in [-0.2, 0) is 0 Å². The summed E-state index contributed by atoms with van der Waals surface area (Å²) in [7, 11) is 0. The van der Waals surface area contributed by atoms with Gasteiger partial charge in [0.25, 0.3) is 23.6 Å². The number of fused-ring (bicyclic) bond motifs is 1. The van der Waals surface area contributed by atoms with E-state index in [0.717, 1.165) is 4.90 Å². The van der Waals surface area contributed by atoms with E-state index < -0.39 is 17.7 Å². The fraction of sp³-hybridized carbons (Fsp3) is 0. The molecule has 0 saturated heterocycles. The lowest BCUT2D eigenvalue weighted by atomic mass is 10.1. The average Bonchev–Trinajstić information content (AvgIpc) is 3.39. The number of hydrogen-bond acceptors (Lipinski definition) is 6. The van der Waals surface area contributed by atoms with Crippen LogP contribution in [0.3, 0.4) is 0 Å². The molecule has 6 aromatic rings. The summed E-state index contributed by atoms with van der Waals surface area (Å²) >= 11 is 0. The molecule has 0 bridgehead atoms. The van der Waals surface area contributed by atoms with Crippen molar-refractivity contribution in [3.8, 4) is 23.0 Å². The van der Waals surface area contributed by atoms with Gasteiger partial charge in [0.15, 0.2) is 0 Å². The lowest BCUT2D eigenvalue weighted by Gasteiger charge is -2.14. The van der Waals surface area contributed by atoms with E-state index in [9.17, 15) is 19.2 Å². The Balaban J connectivity index is 0.980. The molecule has 238 valence electrons. The zero-order valence-electron chi connectivity index (χ0n) is 25.8. The second-order valence-corrected chi connectivity index (χ2v) is 11.0. The van der Waals surface area contributed by atoms with Crippen LogP contribution in [0, 0.1) is 0 Å². The largest absolute Gasteiger partial charge is 0.457 e. The Kier molecular flexibility index (Phi) is 8.37. The van der Waals surface area contributed by atoms with Crippen LogP contribution in [0.2, 0.25) is 0 Å². The minimum absolute atomic E-state index is 0.116. The van der Waals surface area contributed by atoms with Crippen LogP contribution in [0.4, 0.5) is 17.1 Å². The fourth-order valence-corrected chi connectivity index (χ4v) is 5.25. The maximum absolute atomic E-state index is 13.4. The van der Waals surface area contributed by atoms with Crippen LogP contribution < -0.4 is 25.0 Å². The van der Waals surface area contributed by atoms with Crippen molar-refractivity contribution < 1.29 is 28.7 Å². The molecule has 7 rings (SSSR count). The third-order valence-corrected chi connectivity index (χ3v) is 7.72. The van der Waals surface area contributed by atoms with Gasteiger partial charge < -0.3 is 20.1 Å². The summed E-state index contributed by atoms with van der Waals surface area (Å²) < 4.78 is 11.6. The Labute approximate surface area is 281 Å². The number of benzene rings is 6. The molecule has 9 nitrogen and oxygen atoms in total. The van der Waals surface area contributed by atoms with Gasteiger partial charge in [0.05, 0.1) is 16.8 Å². The van der Waals surface area contributed by atoms with E-state index in [1.54, 1.807) is 48.5 Å². The Bertz CT molecular complexity index is 2170. The van der Waals surface area contributed by atoms with Crippen molar-refractivity contribution in [2.75, 3.05) is 15.5 Å². The van der Waals surface area contributed by atoms with Crippen LogP contribution in [0.5, 0.6) is 23.0 Å². The van der Waals surface area contributed by atoms with Crippen LogP contribution in [-0.4, -0.2) is 23.6 Å². The van der Waals surface area contributed by atoms with E-state index in [2.05, 4.69) is 10.6 Å². The normalized spacial score (nSPS) is 11.9. The second kappa shape index (κ2) is 13.4. The predicted octanol–water partition coefficient (Wildman–Crippen LogP) is 8.58. The lowest BCUT2D eigenvalue weighted by molar-refractivity contribution is 0.0924. The van der Waals surface area contributed by atoms with Gasteiger partial charge in [-0.15, -0.1) is 0 Å². The van der Waals surface area contributed by atoms with Crippen LogP contribution in [0.15, 0.2) is 152 Å². The monoisotopic (exact) mass is 645 g/mol. The fourth-order valence-electron chi connectivity index (χ4n) is 5.25. The SMILES string of the molecule is O=C(Nc1ccc(Oc2ccccc2)cc1)c1ccc(N2C(=O)c3ccc(C(=O)Nc4ccc(Oc5ccccc5)cc4)cc3C2=O)cc1. The molecule has 0 aliphatic carbocycles. The van der Waals surface area contributed by atoms with Gasteiger partial charge in [-0.1, -0.05) is 36.4 Å². The molecule has 2 N–H and O–H groups in total. The van der Waals surface area contributed by atoms with Crippen LogP contribution in [0.25, 0.3) is 0 Å². The highest BCUT2D eigenvalue weighted by atomic mass is 16.5. The Morgan fingerprint density at radius 1 is 0.449 bits per heavy atom. The van der Waals surface area contributed by atoms with Crippen LogP contribution in [0.1, 0.15) is 41.4 Å². The molecule has 4 amide bonds. The molecule has 1 aliphatic rings. The minimum Gasteiger partial charge on any atom is -0.457 e. The van der Waals surface area contributed by atoms with E-state index in [1.807, 2.05) is 60.7 Å². The maximum Gasteiger partial charge on any atom is 0.266 e. The van der Waals surface area contributed by atoms with Crippen molar-refractivity contribution in [2.45, 2.75) is 0 Å². The van der Waals surface area contributed by atoms with E-state index in [1.165, 1.54) is 42.5 Å². The summed E-state index contributed by atoms with van der Waals surface area (Å²) in [6.07, 6.45) is 0. The molecular formula is C40H27N3O6. The first-order valence-electron chi connectivity index (χ1n) is 15.3. The Morgan fingerprint density at radius 3 is 1.39 bits per heavy atom. The number of anilines is 3. The number of carbonyl (C=O) groups excluding carboxylic acids is 4. The number of carbonyl (C=O) groups is 4. The smallest absolute Gasteiger partial charge is 0.266 e. The zero-order valence-corrected chi connectivity index (χ0v) is 25.8. The molecule has 0 spiro atoms. The standard InChI is InChI=1S/C40H27N3O6/c44-37(41-28-14-20-33(21-15-28)48-31-7-3-1-4-8-31)26-11-18-30(19-12-26)43-39(46)35-24-13-27(25-36(35)40(43)47)38(45)42-29-16-22-34(23-17-29)49-32-9-5-2-6-10-32/h1-25H,(H,41,44)(H,42,45). The highest BCUT2D eigenvalue weighted by Gasteiger charge is 2.37. The van der Waals surface area contributed by atoms with Crippen molar-refractivity contribution in [3.05, 3.63) is 174 Å². The van der Waals surface area contributed by atoms with Gasteiger partial charge in [-0.3, -0.25) is 19.2 Å². The molecule has 0 fully saturated rings. The summed E-state index contributed by atoms with van der Waals surface area (Å²) in [6, 6.07) is 43.1. The third-order valence-electron chi connectivity index (χ3n) is 7.72. The molecule has 0 saturated carbocycles. The van der Waals surface area contributed by atoms with E-state index >= 15 is 0 Å². The van der Waals surface area contributed by atoms with Crippen molar-refractivity contribution in [1.82, 2.24) is 0 Å². The van der Waals surface area contributed by atoms with Gasteiger partial charge in [-0.2, -0.15) is 0 Å². The molecule has 0 radical (unpaired) electrons. The number of rotatable bonds is 9. The molecule has 6 aromatic carbocycles. The Morgan fingerprint density at radius 2 is 0.878 bits per heavy atom. The van der Waals surface area contributed by atoms with Gasteiger partial charge in [0.1, 0.15) is 23.0 Å². The second-order valence-electron chi connectivity index (χ2n) is 11.0. The van der Waals surface area contributed by atoms with E-state index in [-0.39, 0.29) is 22.6 Å². The quantitative estimate of drug-likeness (QED) is 0.152. The maximum atomic E-state index is 13.4. The highest BCUT2D eigenvalue weighted by molar-refractivity contribution is 6.34. The topological polar surface area (TPSA) is 114 Å². The number of nitrogens with one attached hydrogen (secondary N) is 2. The number of hydrogen-bond donors (Lipinski definition) is 2. The first-order chi connectivity index (χ1) is 23.9. The molecule has 9 heteroatoms. The summed E-state index contributed by atoms with van der Waals surface area (Å²) in [4.78, 5) is 53.7. The lowest BCUT2D eigenvalue weighted by Crippen LogP contribution is -2.29.